The quantitative estimate of drug-likeness (QED) is 0.787. The van der Waals surface area contributed by atoms with Gasteiger partial charge in [-0.2, -0.15) is 0 Å². The molecule has 0 aliphatic carbocycles. The summed E-state index contributed by atoms with van der Waals surface area (Å²) in [7, 11) is 0. The highest BCUT2D eigenvalue weighted by atomic mass is 32.2. The summed E-state index contributed by atoms with van der Waals surface area (Å²) in [6.45, 7) is 5.44. The Hall–Kier alpha value is -1.20. The third kappa shape index (κ3) is 5.25. The van der Waals surface area contributed by atoms with Gasteiger partial charge in [0.25, 0.3) is 0 Å². The van der Waals surface area contributed by atoms with E-state index in [9.17, 15) is 4.79 Å². The van der Waals surface area contributed by atoms with Crippen LogP contribution in [-0.2, 0) is 9.53 Å². The van der Waals surface area contributed by atoms with Crippen LogP contribution < -0.4 is 10.1 Å². The van der Waals surface area contributed by atoms with Crippen molar-refractivity contribution in [3.63, 3.8) is 0 Å². The molecular formula is C16H23NO3S. The zero-order valence-electron chi connectivity index (χ0n) is 12.6. The topological polar surface area (TPSA) is 47.6 Å². The predicted molar refractivity (Wildman–Crippen MR) is 84.9 cm³/mol. The lowest BCUT2D eigenvalue weighted by Gasteiger charge is -2.19. The minimum Gasteiger partial charge on any atom is -0.494 e. The van der Waals surface area contributed by atoms with Gasteiger partial charge < -0.3 is 14.8 Å². The van der Waals surface area contributed by atoms with E-state index in [4.69, 9.17) is 9.47 Å². The van der Waals surface area contributed by atoms with Gasteiger partial charge in [0.05, 0.1) is 24.5 Å². The third-order valence-corrected chi connectivity index (χ3v) is 4.43. The zero-order valence-corrected chi connectivity index (χ0v) is 13.4. The molecule has 0 saturated carbocycles. The van der Waals surface area contributed by atoms with Crippen LogP contribution in [0.15, 0.2) is 29.2 Å². The molecule has 1 aromatic rings. The van der Waals surface area contributed by atoms with E-state index < -0.39 is 0 Å². The summed E-state index contributed by atoms with van der Waals surface area (Å²) in [4.78, 5) is 13.0. The van der Waals surface area contributed by atoms with Crippen LogP contribution in [0.5, 0.6) is 5.75 Å². The smallest absolute Gasteiger partial charge is 0.230 e. The first kappa shape index (κ1) is 16.2. The molecule has 0 bridgehead atoms. The van der Waals surface area contributed by atoms with Crippen LogP contribution >= 0.6 is 11.8 Å². The summed E-state index contributed by atoms with van der Waals surface area (Å²) >= 11 is 1.53. The maximum Gasteiger partial charge on any atom is 0.230 e. The Morgan fingerprint density at radius 3 is 2.86 bits per heavy atom. The predicted octanol–water partition coefficient (Wildman–Crippen LogP) is 2.86. The molecule has 0 radical (unpaired) electrons. The lowest BCUT2D eigenvalue weighted by molar-refractivity contribution is -0.120. The standard InChI is InChI=1S/C16H23NO3S/c1-3-19-13-6-8-14(9-7-13)21-11-16(18)17-12(2)15-5-4-10-20-15/h6-9,12,15H,3-5,10-11H2,1-2H3,(H,17,18). The largest absolute Gasteiger partial charge is 0.494 e. The van der Waals surface area contributed by atoms with Crippen LogP contribution in [0.25, 0.3) is 0 Å². The van der Waals surface area contributed by atoms with Crippen molar-refractivity contribution in [3.05, 3.63) is 24.3 Å². The van der Waals surface area contributed by atoms with Crippen LogP contribution in [0.1, 0.15) is 26.7 Å². The number of amides is 1. The first-order valence-corrected chi connectivity index (χ1v) is 8.44. The van der Waals surface area contributed by atoms with E-state index in [0.29, 0.717) is 12.4 Å². The molecule has 1 heterocycles. The van der Waals surface area contributed by atoms with E-state index in [1.807, 2.05) is 38.1 Å². The molecule has 2 unspecified atom stereocenters. The van der Waals surface area contributed by atoms with Crippen LogP contribution in [-0.4, -0.2) is 37.0 Å². The highest BCUT2D eigenvalue weighted by Gasteiger charge is 2.23. The second-order valence-electron chi connectivity index (χ2n) is 5.10. The van der Waals surface area contributed by atoms with Crippen LogP contribution in [0.3, 0.4) is 0 Å². The van der Waals surface area contributed by atoms with Crippen molar-refractivity contribution in [2.75, 3.05) is 19.0 Å². The number of hydrogen-bond acceptors (Lipinski definition) is 4. The molecule has 116 valence electrons. The van der Waals surface area contributed by atoms with Crippen molar-refractivity contribution in [3.8, 4) is 5.75 Å². The van der Waals surface area contributed by atoms with Gasteiger partial charge in [-0.15, -0.1) is 11.8 Å². The number of thioether (sulfide) groups is 1. The summed E-state index contributed by atoms with van der Waals surface area (Å²) in [6, 6.07) is 7.90. The lowest BCUT2D eigenvalue weighted by atomic mass is 10.1. The van der Waals surface area contributed by atoms with Gasteiger partial charge in [-0.3, -0.25) is 4.79 Å². The van der Waals surface area contributed by atoms with Crippen molar-refractivity contribution in [1.82, 2.24) is 5.32 Å². The van der Waals surface area contributed by atoms with Gasteiger partial charge in [-0.05, 0) is 51.0 Å². The minimum absolute atomic E-state index is 0.0527. The van der Waals surface area contributed by atoms with Crippen LogP contribution in [0.4, 0.5) is 0 Å². The highest BCUT2D eigenvalue weighted by molar-refractivity contribution is 8.00. The minimum atomic E-state index is 0.0527. The molecule has 1 aromatic carbocycles. The number of carbonyl (C=O) groups is 1. The summed E-state index contributed by atoms with van der Waals surface area (Å²) in [5.74, 6) is 1.33. The molecule has 0 spiro atoms. The first-order chi connectivity index (χ1) is 10.2. The van der Waals surface area contributed by atoms with E-state index in [2.05, 4.69) is 5.32 Å². The number of nitrogens with one attached hydrogen (secondary N) is 1. The number of ether oxygens (including phenoxy) is 2. The van der Waals surface area contributed by atoms with Gasteiger partial charge >= 0.3 is 0 Å². The Morgan fingerprint density at radius 2 is 2.24 bits per heavy atom. The zero-order chi connectivity index (χ0) is 15.1. The maximum atomic E-state index is 11.9. The number of benzene rings is 1. The first-order valence-electron chi connectivity index (χ1n) is 7.45. The fourth-order valence-corrected chi connectivity index (χ4v) is 3.04. The van der Waals surface area contributed by atoms with Crippen molar-refractivity contribution in [2.45, 2.75) is 43.7 Å². The van der Waals surface area contributed by atoms with Gasteiger partial charge in [-0.25, -0.2) is 0 Å². The van der Waals surface area contributed by atoms with Crippen molar-refractivity contribution in [1.29, 1.82) is 0 Å². The van der Waals surface area contributed by atoms with Crippen molar-refractivity contribution >= 4 is 17.7 Å². The van der Waals surface area contributed by atoms with Gasteiger partial charge in [0.15, 0.2) is 0 Å². The second-order valence-corrected chi connectivity index (χ2v) is 6.15. The van der Waals surface area contributed by atoms with Crippen LogP contribution in [0, 0.1) is 0 Å². The molecule has 1 aliphatic rings. The third-order valence-electron chi connectivity index (χ3n) is 3.42. The Kier molecular flexibility index (Phi) is 6.39. The number of hydrogen-bond donors (Lipinski definition) is 1. The average Bonchev–Trinajstić information content (AvgIpc) is 3.01. The normalized spacial score (nSPS) is 19.2. The van der Waals surface area contributed by atoms with E-state index in [-0.39, 0.29) is 18.1 Å². The Bertz CT molecular complexity index is 443. The highest BCUT2D eigenvalue weighted by Crippen LogP contribution is 2.21. The monoisotopic (exact) mass is 309 g/mol. The van der Waals surface area contributed by atoms with E-state index in [0.717, 1.165) is 30.1 Å². The van der Waals surface area contributed by atoms with Crippen molar-refractivity contribution in [2.24, 2.45) is 0 Å². The number of carbonyl (C=O) groups excluding carboxylic acids is 1. The summed E-state index contributed by atoms with van der Waals surface area (Å²) < 4.78 is 11.0. The van der Waals surface area contributed by atoms with Gasteiger partial charge in [0.1, 0.15) is 5.75 Å². The Morgan fingerprint density at radius 1 is 1.48 bits per heavy atom. The van der Waals surface area contributed by atoms with Crippen LogP contribution in [0.2, 0.25) is 0 Å². The second kappa shape index (κ2) is 8.29. The molecule has 5 heteroatoms. The van der Waals surface area contributed by atoms with Crippen molar-refractivity contribution < 1.29 is 14.3 Å². The van der Waals surface area contributed by atoms with Gasteiger partial charge in [0, 0.05) is 11.5 Å². The SMILES string of the molecule is CCOc1ccc(SCC(=O)NC(C)C2CCCO2)cc1. The molecule has 1 saturated heterocycles. The maximum absolute atomic E-state index is 11.9. The van der Waals surface area contributed by atoms with E-state index in [1.165, 1.54) is 11.8 Å². The molecule has 2 atom stereocenters. The fourth-order valence-electron chi connectivity index (χ4n) is 2.33. The number of rotatable bonds is 7. The average molecular weight is 309 g/mol. The van der Waals surface area contributed by atoms with E-state index in [1.54, 1.807) is 0 Å². The fraction of sp³-hybridized carbons (Fsp3) is 0.562. The molecule has 4 nitrogen and oxygen atoms in total. The molecule has 21 heavy (non-hydrogen) atoms. The molecular weight excluding hydrogens is 286 g/mol. The van der Waals surface area contributed by atoms with Gasteiger partial charge in [-0.1, -0.05) is 0 Å². The molecule has 1 fully saturated rings. The summed E-state index contributed by atoms with van der Waals surface area (Å²) in [5.41, 5.74) is 0. The van der Waals surface area contributed by atoms with Gasteiger partial charge in [0.2, 0.25) is 5.91 Å². The molecule has 0 aromatic heterocycles. The molecule has 1 N–H and O–H groups in total. The Balaban J connectivity index is 1.72. The summed E-state index contributed by atoms with van der Waals surface area (Å²) in [6.07, 6.45) is 2.30. The summed E-state index contributed by atoms with van der Waals surface area (Å²) in [5, 5.41) is 3.01. The molecule has 1 amide bonds. The molecule has 1 aliphatic heterocycles. The lowest BCUT2D eigenvalue weighted by Crippen LogP contribution is -2.41. The Labute approximate surface area is 130 Å². The molecule has 2 rings (SSSR count). The van der Waals surface area contributed by atoms with E-state index >= 15 is 0 Å².